The normalized spacial score (nSPS) is 10.1. The molecule has 4 heteroatoms. The third-order valence-electron chi connectivity index (χ3n) is 2.68. The first-order valence-corrected chi connectivity index (χ1v) is 6.48. The molecule has 102 valence electrons. The SMILES string of the molecule is CCN(CC(C)C)C(=O)COc1ccccc1C#N. The van der Waals surface area contributed by atoms with Crippen molar-refractivity contribution in [3.63, 3.8) is 0 Å². The summed E-state index contributed by atoms with van der Waals surface area (Å²) in [6.07, 6.45) is 0. The van der Waals surface area contributed by atoms with Crippen LogP contribution >= 0.6 is 0 Å². The Bertz CT molecular complexity index is 463. The second kappa shape index (κ2) is 7.42. The summed E-state index contributed by atoms with van der Waals surface area (Å²) in [6, 6.07) is 8.97. The van der Waals surface area contributed by atoms with Gasteiger partial charge in [0, 0.05) is 13.1 Å². The molecule has 0 heterocycles. The second-order valence-electron chi connectivity index (χ2n) is 4.72. The summed E-state index contributed by atoms with van der Waals surface area (Å²) in [6.45, 7) is 7.45. The molecule has 0 aromatic heterocycles. The van der Waals surface area contributed by atoms with Gasteiger partial charge in [0.25, 0.3) is 5.91 Å². The van der Waals surface area contributed by atoms with Gasteiger partial charge in [0.2, 0.25) is 0 Å². The third kappa shape index (κ3) is 4.63. The fourth-order valence-electron chi connectivity index (χ4n) is 1.76. The topological polar surface area (TPSA) is 53.3 Å². The molecule has 0 aliphatic carbocycles. The van der Waals surface area contributed by atoms with E-state index in [2.05, 4.69) is 13.8 Å². The van der Waals surface area contributed by atoms with E-state index in [1.165, 1.54) is 0 Å². The van der Waals surface area contributed by atoms with E-state index in [-0.39, 0.29) is 12.5 Å². The summed E-state index contributed by atoms with van der Waals surface area (Å²) >= 11 is 0. The minimum absolute atomic E-state index is 0.0285. The lowest BCUT2D eigenvalue weighted by Crippen LogP contribution is -2.37. The Morgan fingerprint density at radius 1 is 1.42 bits per heavy atom. The molecule has 1 rings (SSSR count). The van der Waals surface area contributed by atoms with Gasteiger partial charge in [-0.2, -0.15) is 5.26 Å². The molecule has 0 spiro atoms. The van der Waals surface area contributed by atoms with E-state index < -0.39 is 0 Å². The van der Waals surface area contributed by atoms with Crippen LogP contribution in [0, 0.1) is 17.2 Å². The van der Waals surface area contributed by atoms with Crippen molar-refractivity contribution in [1.82, 2.24) is 4.90 Å². The number of hydrogen-bond acceptors (Lipinski definition) is 3. The fraction of sp³-hybridized carbons (Fsp3) is 0.467. The van der Waals surface area contributed by atoms with E-state index in [1.807, 2.05) is 13.0 Å². The Kier molecular flexibility index (Phi) is 5.87. The number of carbonyl (C=O) groups is 1. The molecule has 19 heavy (non-hydrogen) atoms. The number of carbonyl (C=O) groups excluding carboxylic acids is 1. The lowest BCUT2D eigenvalue weighted by Gasteiger charge is -2.23. The molecule has 1 amide bonds. The minimum atomic E-state index is -0.0519. The van der Waals surface area contributed by atoms with Crippen LogP contribution in [0.5, 0.6) is 5.75 Å². The summed E-state index contributed by atoms with van der Waals surface area (Å²) in [5.41, 5.74) is 0.446. The van der Waals surface area contributed by atoms with Crippen molar-refractivity contribution in [2.24, 2.45) is 5.92 Å². The highest BCUT2D eigenvalue weighted by Gasteiger charge is 2.14. The average molecular weight is 260 g/mol. The zero-order chi connectivity index (χ0) is 14.3. The van der Waals surface area contributed by atoms with E-state index in [9.17, 15) is 4.79 Å². The maximum absolute atomic E-state index is 12.0. The van der Waals surface area contributed by atoms with Crippen molar-refractivity contribution >= 4 is 5.91 Å². The molecule has 1 aromatic carbocycles. The van der Waals surface area contributed by atoms with Crippen LogP contribution in [0.4, 0.5) is 0 Å². The monoisotopic (exact) mass is 260 g/mol. The highest BCUT2D eigenvalue weighted by atomic mass is 16.5. The Balaban J connectivity index is 2.60. The predicted octanol–water partition coefficient (Wildman–Crippen LogP) is 2.44. The molecule has 0 aliphatic rings. The maximum Gasteiger partial charge on any atom is 0.260 e. The lowest BCUT2D eigenvalue weighted by molar-refractivity contribution is -0.133. The van der Waals surface area contributed by atoms with Crippen molar-refractivity contribution in [2.45, 2.75) is 20.8 Å². The number of likely N-dealkylation sites (N-methyl/N-ethyl adjacent to an activating group) is 1. The van der Waals surface area contributed by atoms with Crippen LogP contribution in [0.2, 0.25) is 0 Å². The molecule has 0 radical (unpaired) electrons. The average Bonchev–Trinajstić information content (AvgIpc) is 2.42. The summed E-state index contributed by atoms with van der Waals surface area (Å²) in [4.78, 5) is 13.8. The zero-order valence-corrected chi connectivity index (χ0v) is 11.7. The van der Waals surface area contributed by atoms with Crippen LogP contribution in [0.15, 0.2) is 24.3 Å². The van der Waals surface area contributed by atoms with Gasteiger partial charge in [-0.25, -0.2) is 0 Å². The number of nitriles is 1. The molecular weight excluding hydrogens is 240 g/mol. The van der Waals surface area contributed by atoms with Crippen molar-refractivity contribution in [2.75, 3.05) is 19.7 Å². The molecule has 0 bridgehead atoms. The van der Waals surface area contributed by atoms with Gasteiger partial charge in [-0.05, 0) is 25.0 Å². The molecule has 0 saturated heterocycles. The standard InChI is InChI=1S/C15H20N2O2/c1-4-17(10-12(2)3)15(18)11-19-14-8-6-5-7-13(14)9-16/h5-8,12H,4,10-11H2,1-3H3. The molecule has 0 fully saturated rings. The molecule has 0 N–H and O–H groups in total. The van der Waals surface area contributed by atoms with Crippen molar-refractivity contribution < 1.29 is 9.53 Å². The van der Waals surface area contributed by atoms with E-state index in [0.717, 1.165) is 6.54 Å². The molecule has 0 saturated carbocycles. The van der Waals surface area contributed by atoms with Crippen molar-refractivity contribution in [3.8, 4) is 11.8 Å². The highest BCUT2D eigenvalue weighted by molar-refractivity contribution is 5.77. The van der Waals surface area contributed by atoms with Crippen LogP contribution in [0.1, 0.15) is 26.3 Å². The van der Waals surface area contributed by atoms with Gasteiger partial charge in [-0.15, -0.1) is 0 Å². The first-order valence-electron chi connectivity index (χ1n) is 6.48. The molecular formula is C15H20N2O2. The number of hydrogen-bond donors (Lipinski definition) is 0. The molecule has 0 atom stereocenters. The van der Waals surface area contributed by atoms with Gasteiger partial charge in [-0.1, -0.05) is 26.0 Å². The number of rotatable bonds is 6. The third-order valence-corrected chi connectivity index (χ3v) is 2.68. The van der Waals surface area contributed by atoms with Gasteiger partial charge in [0.05, 0.1) is 5.56 Å². The fourth-order valence-corrected chi connectivity index (χ4v) is 1.76. The summed E-state index contributed by atoms with van der Waals surface area (Å²) in [5.74, 6) is 0.832. The quantitative estimate of drug-likeness (QED) is 0.789. The van der Waals surface area contributed by atoms with Gasteiger partial charge in [-0.3, -0.25) is 4.79 Å². The van der Waals surface area contributed by atoms with E-state index >= 15 is 0 Å². The second-order valence-corrected chi connectivity index (χ2v) is 4.72. The first kappa shape index (κ1) is 15.0. The van der Waals surface area contributed by atoms with E-state index in [0.29, 0.717) is 23.8 Å². The zero-order valence-electron chi connectivity index (χ0n) is 11.7. The van der Waals surface area contributed by atoms with Gasteiger partial charge in [0.1, 0.15) is 11.8 Å². The summed E-state index contributed by atoms with van der Waals surface area (Å²) in [7, 11) is 0. The Morgan fingerprint density at radius 3 is 2.68 bits per heavy atom. The van der Waals surface area contributed by atoms with Gasteiger partial charge in [0.15, 0.2) is 6.61 Å². The molecule has 0 aliphatic heterocycles. The lowest BCUT2D eigenvalue weighted by atomic mass is 10.2. The van der Waals surface area contributed by atoms with E-state index in [1.54, 1.807) is 29.2 Å². The van der Waals surface area contributed by atoms with E-state index in [4.69, 9.17) is 10.00 Å². The van der Waals surface area contributed by atoms with Crippen LogP contribution in [0.3, 0.4) is 0 Å². The van der Waals surface area contributed by atoms with Crippen LogP contribution in [-0.2, 0) is 4.79 Å². The summed E-state index contributed by atoms with van der Waals surface area (Å²) in [5, 5.41) is 8.93. The number of para-hydroxylation sites is 1. The Morgan fingerprint density at radius 2 is 2.11 bits per heavy atom. The van der Waals surface area contributed by atoms with Crippen LogP contribution in [-0.4, -0.2) is 30.5 Å². The molecule has 0 unspecified atom stereocenters. The number of ether oxygens (including phenoxy) is 1. The maximum atomic E-state index is 12.0. The van der Waals surface area contributed by atoms with Gasteiger partial charge < -0.3 is 9.64 Å². The van der Waals surface area contributed by atoms with Crippen molar-refractivity contribution in [3.05, 3.63) is 29.8 Å². The first-order chi connectivity index (χ1) is 9.08. The number of amides is 1. The van der Waals surface area contributed by atoms with Crippen molar-refractivity contribution in [1.29, 1.82) is 5.26 Å². The minimum Gasteiger partial charge on any atom is -0.482 e. The number of nitrogens with zero attached hydrogens (tertiary/aromatic N) is 2. The predicted molar refractivity (Wildman–Crippen MR) is 73.7 cm³/mol. The van der Waals surface area contributed by atoms with Gasteiger partial charge >= 0.3 is 0 Å². The molecule has 4 nitrogen and oxygen atoms in total. The van der Waals surface area contributed by atoms with Crippen LogP contribution in [0.25, 0.3) is 0 Å². The number of benzene rings is 1. The molecule has 1 aromatic rings. The summed E-state index contributed by atoms with van der Waals surface area (Å²) < 4.78 is 5.44. The Hall–Kier alpha value is -2.02. The van der Waals surface area contributed by atoms with Crippen LogP contribution < -0.4 is 4.74 Å². The largest absolute Gasteiger partial charge is 0.482 e. The highest BCUT2D eigenvalue weighted by Crippen LogP contribution is 2.16. The Labute approximate surface area is 114 Å². The smallest absolute Gasteiger partial charge is 0.260 e.